The predicted octanol–water partition coefficient (Wildman–Crippen LogP) is -3.04. The summed E-state index contributed by atoms with van der Waals surface area (Å²) < 4.78 is 5.21. The standard InChI is InChI=1S/C10H20O7/c1-4(12)2-6-7(14)8(15)9(16)10(17-6)5(13)3-11/h4-16H,2-3H2,1H3/t4-,5+,6-,7+,8+,9-,10+/m0/s1. The van der Waals surface area contributed by atoms with Crippen LogP contribution in [0.15, 0.2) is 0 Å². The fraction of sp³-hybridized carbons (Fsp3) is 1.00. The zero-order chi connectivity index (χ0) is 13.2. The molecule has 1 aliphatic heterocycles. The van der Waals surface area contributed by atoms with Crippen LogP contribution in [-0.2, 0) is 4.74 Å². The van der Waals surface area contributed by atoms with E-state index in [9.17, 15) is 25.5 Å². The molecule has 102 valence electrons. The van der Waals surface area contributed by atoms with Gasteiger partial charge in [0, 0.05) is 6.42 Å². The van der Waals surface area contributed by atoms with Gasteiger partial charge in [-0.15, -0.1) is 0 Å². The van der Waals surface area contributed by atoms with Crippen molar-refractivity contribution in [2.45, 2.75) is 56.1 Å². The highest BCUT2D eigenvalue weighted by molar-refractivity contribution is 4.95. The largest absolute Gasteiger partial charge is 0.394 e. The topological polar surface area (TPSA) is 131 Å². The third-order valence-corrected chi connectivity index (χ3v) is 2.89. The Morgan fingerprint density at radius 2 is 1.65 bits per heavy atom. The first-order valence-electron chi connectivity index (χ1n) is 5.55. The third-order valence-electron chi connectivity index (χ3n) is 2.89. The van der Waals surface area contributed by atoms with Crippen molar-refractivity contribution in [3.05, 3.63) is 0 Å². The van der Waals surface area contributed by atoms with Gasteiger partial charge in [-0.3, -0.25) is 0 Å². The highest BCUT2D eigenvalue weighted by Gasteiger charge is 2.46. The Kier molecular flexibility index (Phi) is 5.26. The molecule has 7 heteroatoms. The molecule has 0 bridgehead atoms. The Labute approximate surface area is 98.9 Å². The van der Waals surface area contributed by atoms with Crippen LogP contribution in [0, 0.1) is 0 Å². The van der Waals surface area contributed by atoms with Gasteiger partial charge in [-0.1, -0.05) is 0 Å². The van der Waals surface area contributed by atoms with E-state index in [0.29, 0.717) is 0 Å². The summed E-state index contributed by atoms with van der Waals surface area (Å²) in [5.41, 5.74) is 0. The summed E-state index contributed by atoms with van der Waals surface area (Å²) in [6.45, 7) is 0.858. The lowest BCUT2D eigenvalue weighted by Crippen LogP contribution is -2.61. The maximum atomic E-state index is 9.64. The van der Waals surface area contributed by atoms with E-state index in [1.807, 2.05) is 0 Å². The van der Waals surface area contributed by atoms with E-state index in [0.717, 1.165) is 0 Å². The van der Waals surface area contributed by atoms with Crippen molar-refractivity contribution in [2.24, 2.45) is 0 Å². The molecule has 6 N–H and O–H groups in total. The van der Waals surface area contributed by atoms with Crippen molar-refractivity contribution in [3.8, 4) is 0 Å². The Balaban J connectivity index is 2.75. The Morgan fingerprint density at radius 3 is 2.12 bits per heavy atom. The lowest BCUT2D eigenvalue weighted by atomic mass is 9.90. The molecule has 0 radical (unpaired) electrons. The molecule has 0 aromatic rings. The average molecular weight is 252 g/mol. The molecule has 1 saturated heterocycles. The summed E-state index contributed by atoms with van der Waals surface area (Å²) in [5.74, 6) is 0. The minimum absolute atomic E-state index is 0.0552. The molecule has 1 heterocycles. The third kappa shape index (κ3) is 3.35. The molecular weight excluding hydrogens is 232 g/mol. The first-order valence-corrected chi connectivity index (χ1v) is 5.55. The van der Waals surface area contributed by atoms with Crippen molar-refractivity contribution in [1.82, 2.24) is 0 Å². The first-order chi connectivity index (χ1) is 7.88. The minimum Gasteiger partial charge on any atom is -0.394 e. The van der Waals surface area contributed by atoms with Gasteiger partial charge in [0.2, 0.25) is 0 Å². The Bertz CT molecular complexity index is 235. The van der Waals surface area contributed by atoms with Crippen LogP contribution in [0.2, 0.25) is 0 Å². The predicted molar refractivity (Wildman–Crippen MR) is 56.1 cm³/mol. The maximum Gasteiger partial charge on any atom is 0.115 e. The van der Waals surface area contributed by atoms with E-state index in [2.05, 4.69) is 0 Å². The van der Waals surface area contributed by atoms with Gasteiger partial charge in [0.1, 0.15) is 30.5 Å². The van der Waals surface area contributed by atoms with Gasteiger partial charge in [0.25, 0.3) is 0 Å². The van der Waals surface area contributed by atoms with Crippen LogP contribution in [0.3, 0.4) is 0 Å². The summed E-state index contributed by atoms with van der Waals surface area (Å²) in [5, 5.41) is 56.2. The van der Waals surface area contributed by atoms with Crippen LogP contribution in [0.1, 0.15) is 13.3 Å². The second-order valence-electron chi connectivity index (χ2n) is 4.45. The van der Waals surface area contributed by atoms with E-state index in [1.165, 1.54) is 6.92 Å². The number of aliphatic hydroxyl groups excluding tert-OH is 6. The quantitative estimate of drug-likeness (QED) is 0.313. The highest BCUT2D eigenvalue weighted by Crippen LogP contribution is 2.25. The van der Waals surface area contributed by atoms with Crippen LogP contribution >= 0.6 is 0 Å². The van der Waals surface area contributed by atoms with Crippen molar-refractivity contribution < 1.29 is 35.4 Å². The average Bonchev–Trinajstić information content (AvgIpc) is 2.28. The van der Waals surface area contributed by atoms with Crippen LogP contribution < -0.4 is 0 Å². The number of hydrogen-bond donors (Lipinski definition) is 6. The summed E-state index contributed by atoms with van der Waals surface area (Å²) in [4.78, 5) is 0. The zero-order valence-electron chi connectivity index (χ0n) is 9.55. The second-order valence-corrected chi connectivity index (χ2v) is 4.45. The van der Waals surface area contributed by atoms with E-state index < -0.39 is 49.3 Å². The van der Waals surface area contributed by atoms with Gasteiger partial charge in [-0.05, 0) is 6.92 Å². The molecular formula is C10H20O7. The van der Waals surface area contributed by atoms with Gasteiger partial charge in [0.15, 0.2) is 0 Å². The first kappa shape index (κ1) is 14.8. The molecule has 7 atom stereocenters. The van der Waals surface area contributed by atoms with Gasteiger partial charge in [-0.2, -0.15) is 0 Å². The summed E-state index contributed by atoms with van der Waals surface area (Å²) >= 11 is 0. The van der Waals surface area contributed by atoms with Gasteiger partial charge < -0.3 is 35.4 Å². The molecule has 0 aliphatic carbocycles. The zero-order valence-corrected chi connectivity index (χ0v) is 9.55. The lowest BCUT2D eigenvalue weighted by molar-refractivity contribution is -0.249. The van der Waals surface area contributed by atoms with Gasteiger partial charge in [-0.25, -0.2) is 0 Å². The van der Waals surface area contributed by atoms with Crippen LogP contribution in [0.5, 0.6) is 0 Å². The maximum absolute atomic E-state index is 9.64. The molecule has 0 aromatic carbocycles. The number of rotatable bonds is 4. The van der Waals surface area contributed by atoms with E-state index in [-0.39, 0.29) is 6.42 Å². The molecule has 0 unspecified atom stereocenters. The van der Waals surface area contributed by atoms with Crippen LogP contribution in [0.25, 0.3) is 0 Å². The highest BCUT2D eigenvalue weighted by atomic mass is 16.5. The van der Waals surface area contributed by atoms with Crippen LogP contribution in [0.4, 0.5) is 0 Å². The molecule has 1 fully saturated rings. The molecule has 0 spiro atoms. The van der Waals surface area contributed by atoms with Crippen molar-refractivity contribution >= 4 is 0 Å². The van der Waals surface area contributed by atoms with Crippen LogP contribution in [-0.4, -0.2) is 80.0 Å². The Hall–Kier alpha value is -0.280. The van der Waals surface area contributed by atoms with Crippen molar-refractivity contribution in [3.63, 3.8) is 0 Å². The smallest absolute Gasteiger partial charge is 0.115 e. The molecule has 1 rings (SSSR count). The SMILES string of the molecule is C[C@H](O)C[C@@H]1O[C@H]([C@H](O)CO)[C@@H](O)[C@H](O)[C@@H]1O. The van der Waals surface area contributed by atoms with E-state index in [4.69, 9.17) is 9.84 Å². The van der Waals surface area contributed by atoms with E-state index in [1.54, 1.807) is 0 Å². The summed E-state index contributed by atoms with van der Waals surface area (Å²) in [7, 11) is 0. The normalized spacial score (nSPS) is 42.2. The molecule has 0 amide bonds. The van der Waals surface area contributed by atoms with E-state index >= 15 is 0 Å². The number of hydrogen-bond acceptors (Lipinski definition) is 7. The van der Waals surface area contributed by atoms with Gasteiger partial charge in [0.05, 0.1) is 18.8 Å². The number of aliphatic hydroxyl groups is 6. The fourth-order valence-electron chi connectivity index (χ4n) is 1.93. The lowest BCUT2D eigenvalue weighted by Gasteiger charge is -2.42. The monoisotopic (exact) mass is 252 g/mol. The molecule has 7 nitrogen and oxygen atoms in total. The fourth-order valence-corrected chi connectivity index (χ4v) is 1.93. The van der Waals surface area contributed by atoms with Crippen molar-refractivity contribution in [2.75, 3.05) is 6.61 Å². The van der Waals surface area contributed by atoms with Gasteiger partial charge >= 0.3 is 0 Å². The molecule has 0 saturated carbocycles. The Morgan fingerprint density at radius 1 is 1.06 bits per heavy atom. The molecule has 17 heavy (non-hydrogen) atoms. The summed E-state index contributed by atoms with van der Waals surface area (Å²) in [6, 6.07) is 0. The molecule has 0 aromatic heterocycles. The second kappa shape index (κ2) is 6.05. The number of ether oxygens (including phenoxy) is 1. The van der Waals surface area contributed by atoms with Crippen molar-refractivity contribution in [1.29, 1.82) is 0 Å². The summed E-state index contributed by atoms with van der Waals surface area (Å²) in [6.07, 6.45) is -8.48. The molecule has 1 aliphatic rings. The minimum atomic E-state index is -1.49.